The van der Waals surface area contributed by atoms with E-state index >= 15 is 0 Å². The fraction of sp³-hybridized carbons (Fsp3) is 0.321. The molecule has 0 aliphatic carbocycles. The fourth-order valence-corrected chi connectivity index (χ4v) is 5.09. The second-order valence-corrected chi connectivity index (χ2v) is 8.96. The molecule has 4 nitrogen and oxygen atoms in total. The van der Waals surface area contributed by atoms with Gasteiger partial charge in [0.05, 0.1) is 12.1 Å². The predicted octanol–water partition coefficient (Wildman–Crippen LogP) is 3.30. The summed E-state index contributed by atoms with van der Waals surface area (Å²) in [5.74, 6) is 0.721. The van der Waals surface area contributed by atoms with E-state index in [4.69, 9.17) is 9.47 Å². The summed E-state index contributed by atoms with van der Waals surface area (Å²) >= 11 is 0. The molecule has 0 N–H and O–H groups in total. The topological polar surface area (TPSA) is 35.5 Å². The molecule has 0 saturated heterocycles. The quantitative estimate of drug-likeness (QED) is 0.397. The molecule has 0 amide bonds. The second kappa shape index (κ2) is 10.4. The van der Waals surface area contributed by atoms with Crippen LogP contribution in [0.25, 0.3) is 0 Å². The lowest BCUT2D eigenvalue weighted by atomic mass is 9.88. The second-order valence-electron chi connectivity index (χ2n) is 8.96. The third kappa shape index (κ3) is 4.64. The molecule has 3 aromatic rings. The number of para-hydroxylation sites is 3. The summed E-state index contributed by atoms with van der Waals surface area (Å²) in [5, 5.41) is 0. The van der Waals surface area contributed by atoms with E-state index < -0.39 is 5.92 Å². The van der Waals surface area contributed by atoms with Crippen LogP contribution in [-0.2, 0) is 9.53 Å². The van der Waals surface area contributed by atoms with Crippen LogP contribution in [0.2, 0.25) is 0 Å². The number of halogens is 1. The molecule has 3 aromatic carbocycles. The van der Waals surface area contributed by atoms with Crippen LogP contribution in [0.15, 0.2) is 78.9 Å². The number of hydrogen-bond acceptors (Lipinski definition) is 3. The Morgan fingerprint density at radius 1 is 0.818 bits per heavy atom. The minimum atomic E-state index is -0.479. The Kier molecular flexibility index (Phi) is 7.83. The van der Waals surface area contributed by atoms with Gasteiger partial charge >= 0.3 is 5.97 Å². The zero-order valence-electron chi connectivity index (χ0n) is 19.7. The van der Waals surface area contributed by atoms with Gasteiger partial charge in [0, 0.05) is 11.1 Å². The number of esters is 1. The molecule has 0 unspecified atom stereocenters. The van der Waals surface area contributed by atoms with Crippen LogP contribution in [0.1, 0.15) is 44.7 Å². The van der Waals surface area contributed by atoms with E-state index in [1.165, 1.54) is 5.69 Å². The number of nitrogens with zero attached hydrogens (tertiary/aromatic N) is 1. The smallest absolute Gasteiger partial charge is 0.318 e. The van der Waals surface area contributed by atoms with E-state index in [0.29, 0.717) is 30.2 Å². The van der Waals surface area contributed by atoms with Crippen molar-refractivity contribution >= 4 is 11.7 Å². The highest BCUT2D eigenvalue weighted by molar-refractivity contribution is 5.85. The van der Waals surface area contributed by atoms with Crippen LogP contribution >= 0.6 is 0 Å². The number of carbonyl (C=O) groups excluding carboxylic acids is 1. The Morgan fingerprint density at radius 2 is 1.30 bits per heavy atom. The van der Waals surface area contributed by atoms with Crippen molar-refractivity contribution in [3.63, 3.8) is 0 Å². The monoisotopic (exact) mass is 465 g/mol. The number of hydrogen-bond donors (Lipinski definition) is 0. The average Bonchev–Trinajstić information content (AvgIpc) is 2.80. The molecule has 0 spiro atoms. The van der Waals surface area contributed by atoms with Gasteiger partial charge in [-0.3, -0.25) is 9.28 Å². The van der Waals surface area contributed by atoms with Gasteiger partial charge in [-0.15, -0.1) is 0 Å². The molecule has 4 rings (SSSR count). The van der Waals surface area contributed by atoms with Crippen molar-refractivity contribution in [3.8, 4) is 11.5 Å². The van der Waals surface area contributed by atoms with E-state index in [1.54, 1.807) is 0 Å². The minimum absolute atomic E-state index is 0. The third-order valence-corrected chi connectivity index (χ3v) is 6.70. The van der Waals surface area contributed by atoms with Gasteiger partial charge in [0.1, 0.15) is 36.3 Å². The molecule has 33 heavy (non-hydrogen) atoms. The zero-order valence-corrected chi connectivity index (χ0v) is 20.5. The maximum atomic E-state index is 13.4. The Balaban J connectivity index is 0.00000306. The summed E-state index contributed by atoms with van der Waals surface area (Å²) in [6, 6.07) is 26.7. The van der Waals surface area contributed by atoms with E-state index in [-0.39, 0.29) is 18.4 Å². The molecule has 1 aliphatic heterocycles. The maximum absolute atomic E-state index is 13.4. The molecule has 0 bridgehead atoms. The van der Waals surface area contributed by atoms with Crippen molar-refractivity contribution < 1.29 is 26.7 Å². The highest BCUT2D eigenvalue weighted by Gasteiger charge is 2.38. The summed E-state index contributed by atoms with van der Waals surface area (Å²) in [5.41, 5.74) is 2.95. The molecule has 174 valence electrons. The van der Waals surface area contributed by atoms with Crippen LogP contribution in [0.3, 0.4) is 0 Å². The number of benzene rings is 3. The lowest BCUT2D eigenvalue weighted by Crippen LogP contribution is -3.00. The standard InChI is InChI=1S/C28H32NO3.ClH/c1-20(2)29(21(3)4,22-12-6-5-7-13-22)18-19-31-28(30)27-23-14-8-10-16-25(23)32-26-17-11-9-15-24(26)27;/h5-17,20-21,27H,18-19H2,1-4H3;1H/q+1;/p-1. The lowest BCUT2D eigenvalue weighted by Gasteiger charge is -2.45. The van der Waals surface area contributed by atoms with Gasteiger partial charge in [-0.05, 0) is 52.0 Å². The van der Waals surface area contributed by atoms with Gasteiger partial charge in [0.15, 0.2) is 0 Å². The van der Waals surface area contributed by atoms with Crippen molar-refractivity contribution in [3.05, 3.63) is 90.0 Å². The summed E-state index contributed by atoms with van der Waals surface area (Å²) in [6.07, 6.45) is 0. The predicted molar refractivity (Wildman–Crippen MR) is 129 cm³/mol. The molecule has 1 aliphatic rings. The first kappa shape index (κ1) is 24.8. The maximum Gasteiger partial charge on any atom is 0.318 e. The largest absolute Gasteiger partial charge is 1.00 e. The molecule has 1 heterocycles. The van der Waals surface area contributed by atoms with Crippen molar-refractivity contribution in [2.24, 2.45) is 0 Å². The van der Waals surface area contributed by atoms with Crippen molar-refractivity contribution in [1.82, 2.24) is 4.48 Å². The van der Waals surface area contributed by atoms with Gasteiger partial charge in [0.25, 0.3) is 0 Å². The Morgan fingerprint density at radius 3 is 1.82 bits per heavy atom. The number of rotatable bonds is 7. The number of carbonyl (C=O) groups is 1. The van der Waals surface area contributed by atoms with Gasteiger partial charge < -0.3 is 21.9 Å². The van der Waals surface area contributed by atoms with Crippen LogP contribution < -0.4 is 21.6 Å². The van der Waals surface area contributed by atoms with Crippen molar-refractivity contribution in [1.29, 1.82) is 0 Å². The molecule has 0 aromatic heterocycles. The summed E-state index contributed by atoms with van der Waals surface area (Å²) < 4.78 is 12.7. The van der Waals surface area contributed by atoms with Crippen LogP contribution in [0.4, 0.5) is 5.69 Å². The lowest BCUT2D eigenvalue weighted by molar-refractivity contribution is -0.145. The SMILES string of the molecule is CC(C)[N+](CCOC(=O)C1c2ccccc2Oc2ccccc21)(c1ccccc1)C(C)C.[Cl-]. The normalized spacial score (nSPS) is 13.0. The van der Waals surface area contributed by atoms with Gasteiger partial charge in [-0.1, -0.05) is 54.6 Å². The average molecular weight is 466 g/mol. The van der Waals surface area contributed by atoms with Crippen LogP contribution in [-0.4, -0.2) is 31.2 Å². The highest BCUT2D eigenvalue weighted by atomic mass is 35.5. The Labute approximate surface area is 203 Å². The Hall–Kier alpha value is -2.82. The first-order valence-electron chi connectivity index (χ1n) is 11.4. The zero-order chi connectivity index (χ0) is 22.7. The van der Waals surface area contributed by atoms with Crippen molar-refractivity contribution in [2.45, 2.75) is 45.7 Å². The molecule has 0 fully saturated rings. The van der Waals surface area contributed by atoms with Crippen LogP contribution in [0.5, 0.6) is 11.5 Å². The Bertz CT molecular complexity index is 1030. The number of ether oxygens (including phenoxy) is 2. The molecule has 0 radical (unpaired) electrons. The summed E-state index contributed by atoms with van der Waals surface area (Å²) in [7, 11) is 0. The highest BCUT2D eigenvalue weighted by Crippen LogP contribution is 2.44. The number of fused-ring (bicyclic) bond motifs is 2. The van der Waals surface area contributed by atoms with Gasteiger partial charge in [0.2, 0.25) is 0 Å². The first-order chi connectivity index (χ1) is 15.4. The number of quaternary nitrogens is 1. The van der Waals surface area contributed by atoms with E-state index in [2.05, 4.69) is 52.0 Å². The molecule has 0 atom stereocenters. The third-order valence-electron chi connectivity index (χ3n) is 6.70. The fourth-order valence-electron chi connectivity index (χ4n) is 5.09. The molecule has 0 saturated carbocycles. The van der Waals surface area contributed by atoms with E-state index in [1.807, 2.05) is 54.6 Å². The van der Waals surface area contributed by atoms with Crippen LogP contribution in [0, 0.1) is 0 Å². The van der Waals surface area contributed by atoms with E-state index in [0.717, 1.165) is 22.2 Å². The molecule has 5 heteroatoms. The summed E-state index contributed by atoms with van der Waals surface area (Å²) in [6.45, 7) is 10.0. The molecular weight excluding hydrogens is 434 g/mol. The van der Waals surface area contributed by atoms with E-state index in [9.17, 15) is 4.79 Å². The van der Waals surface area contributed by atoms with Gasteiger partial charge in [-0.2, -0.15) is 0 Å². The molecular formula is C28H32ClNO3. The minimum Gasteiger partial charge on any atom is -1.00 e. The first-order valence-corrected chi connectivity index (χ1v) is 11.4. The van der Waals surface area contributed by atoms with Crippen molar-refractivity contribution in [2.75, 3.05) is 13.2 Å². The summed E-state index contributed by atoms with van der Waals surface area (Å²) in [4.78, 5) is 13.4. The van der Waals surface area contributed by atoms with Gasteiger partial charge in [-0.25, -0.2) is 0 Å².